The molecule has 0 saturated carbocycles. The van der Waals surface area contributed by atoms with Crippen LogP contribution in [0.4, 0.5) is 10.5 Å². The van der Waals surface area contributed by atoms with Crippen LogP contribution in [0.1, 0.15) is 39.7 Å². The number of nitrogens with one attached hydrogen (secondary N) is 1. The molecule has 2 heterocycles. The van der Waals surface area contributed by atoms with Gasteiger partial charge in [-0.05, 0) is 38.8 Å². The predicted molar refractivity (Wildman–Crippen MR) is 124 cm³/mol. The van der Waals surface area contributed by atoms with Crippen molar-refractivity contribution in [3.8, 4) is 0 Å². The molecule has 3 rings (SSSR count). The summed E-state index contributed by atoms with van der Waals surface area (Å²) in [5.74, 6) is -0.386. The minimum Gasteiger partial charge on any atom is -0.444 e. The molecule has 1 N–H and O–H groups in total. The maximum absolute atomic E-state index is 12.7. The van der Waals surface area contributed by atoms with Crippen LogP contribution < -0.4 is 10.2 Å². The van der Waals surface area contributed by atoms with Gasteiger partial charge in [0.1, 0.15) is 5.60 Å². The van der Waals surface area contributed by atoms with E-state index in [4.69, 9.17) is 4.74 Å². The van der Waals surface area contributed by atoms with Gasteiger partial charge in [0, 0.05) is 57.9 Å². The van der Waals surface area contributed by atoms with Crippen LogP contribution in [0, 0.1) is 5.92 Å². The number of carbonyl (C=O) groups excluding carboxylic acids is 3. The van der Waals surface area contributed by atoms with E-state index in [0.29, 0.717) is 26.2 Å². The fraction of sp³-hybridized carbons (Fsp3) is 0.625. The summed E-state index contributed by atoms with van der Waals surface area (Å²) in [7, 11) is 0. The number of aryl methyl sites for hydroxylation is 1. The van der Waals surface area contributed by atoms with Gasteiger partial charge in [-0.15, -0.1) is 0 Å². The Hall–Kier alpha value is -2.61. The number of rotatable bonds is 6. The van der Waals surface area contributed by atoms with Crippen LogP contribution in [0.25, 0.3) is 0 Å². The number of nitrogens with zero attached hydrogens (tertiary/aromatic N) is 3. The van der Waals surface area contributed by atoms with Crippen molar-refractivity contribution in [1.29, 1.82) is 0 Å². The molecule has 0 spiro atoms. The molecule has 2 aliphatic heterocycles. The summed E-state index contributed by atoms with van der Waals surface area (Å²) in [6.07, 6.45) is 0.821. The molecule has 8 nitrogen and oxygen atoms in total. The topological polar surface area (TPSA) is 82.2 Å². The smallest absolute Gasteiger partial charge is 0.410 e. The average Bonchev–Trinajstić information content (AvgIpc) is 3.14. The van der Waals surface area contributed by atoms with Crippen LogP contribution >= 0.6 is 0 Å². The Labute approximate surface area is 190 Å². The van der Waals surface area contributed by atoms with E-state index in [1.54, 1.807) is 9.80 Å². The molecule has 32 heavy (non-hydrogen) atoms. The monoisotopic (exact) mass is 444 g/mol. The van der Waals surface area contributed by atoms with Crippen molar-refractivity contribution in [3.63, 3.8) is 0 Å². The predicted octanol–water partition coefficient (Wildman–Crippen LogP) is 2.27. The molecule has 176 valence electrons. The Kier molecular flexibility index (Phi) is 7.77. The van der Waals surface area contributed by atoms with Gasteiger partial charge in [0.05, 0.1) is 5.92 Å². The highest BCUT2D eigenvalue weighted by Gasteiger charge is 2.35. The number of piperazine rings is 1. The summed E-state index contributed by atoms with van der Waals surface area (Å²) >= 11 is 0. The minimum atomic E-state index is -0.492. The molecule has 1 unspecified atom stereocenters. The van der Waals surface area contributed by atoms with Crippen molar-refractivity contribution in [2.75, 3.05) is 50.7 Å². The van der Waals surface area contributed by atoms with E-state index in [1.165, 1.54) is 0 Å². The molecule has 2 aliphatic rings. The van der Waals surface area contributed by atoms with Gasteiger partial charge in [0.2, 0.25) is 11.8 Å². The Morgan fingerprint density at radius 2 is 1.81 bits per heavy atom. The van der Waals surface area contributed by atoms with Gasteiger partial charge in [-0.2, -0.15) is 0 Å². The summed E-state index contributed by atoms with van der Waals surface area (Å²) in [5.41, 5.74) is 1.54. The molecule has 1 aromatic rings. The number of hydrogen-bond donors (Lipinski definition) is 1. The van der Waals surface area contributed by atoms with Crippen molar-refractivity contribution >= 4 is 23.6 Å². The number of para-hydroxylation sites is 1. The molecular weight excluding hydrogens is 408 g/mol. The van der Waals surface area contributed by atoms with E-state index < -0.39 is 5.60 Å². The zero-order chi connectivity index (χ0) is 23.3. The van der Waals surface area contributed by atoms with Crippen molar-refractivity contribution in [2.24, 2.45) is 5.92 Å². The van der Waals surface area contributed by atoms with E-state index in [9.17, 15) is 14.4 Å². The van der Waals surface area contributed by atoms with Crippen LogP contribution in [-0.4, -0.2) is 79.1 Å². The number of benzene rings is 1. The fourth-order valence-electron chi connectivity index (χ4n) is 4.15. The van der Waals surface area contributed by atoms with Crippen molar-refractivity contribution in [2.45, 2.75) is 46.1 Å². The van der Waals surface area contributed by atoms with Crippen molar-refractivity contribution < 1.29 is 19.1 Å². The number of ether oxygens (including phenoxy) is 1. The first-order valence-corrected chi connectivity index (χ1v) is 11.5. The fourth-order valence-corrected chi connectivity index (χ4v) is 4.15. The van der Waals surface area contributed by atoms with Crippen LogP contribution in [0.15, 0.2) is 24.3 Å². The lowest BCUT2D eigenvalue weighted by atomic mass is 10.1. The Morgan fingerprint density at radius 1 is 1.12 bits per heavy atom. The third kappa shape index (κ3) is 6.22. The van der Waals surface area contributed by atoms with E-state index in [-0.39, 0.29) is 30.2 Å². The van der Waals surface area contributed by atoms with Gasteiger partial charge in [-0.3, -0.25) is 14.5 Å². The van der Waals surface area contributed by atoms with E-state index in [0.717, 1.165) is 37.3 Å². The number of amides is 3. The first-order chi connectivity index (χ1) is 15.2. The Balaban J connectivity index is 1.40. The quantitative estimate of drug-likeness (QED) is 0.728. The second-order valence-electron chi connectivity index (χ2n) is 9.49. The number of anilines is 1. The maximum Gasteiger partial charge on any atom is 0.410 e. The summed E-state index contributed by atoms with van der Waals surface area (Å²) in [5, 5.41) is 2.99. The SMILES string of the molecule is CCc1ccccc1N1CC(C(=O)NCCN2CCN(C(=O)OC(C)(C)C)CC2)CC1=O. The third-order valence-corrected chi connectivity index (χ3v) is 5.91. The van der Waals surface area contributed by atoms with Gasteiger partial charge < -0.3 is 19.9 Å². The minimum absolute atomic E-state index is 0.00400. The second-order valence-corrected chi connectivity index (χ2v) is 9.49. The first kappa shape index (κ1) is 24.0. The molecular formula is C24H36N4O4. The highest BCUT2D eigenvalue weighted by atomic mass is 16.6. The standard InChI is InChI=1S/C24H36N4O4/c1-5-18-8-6-7-9-20(18)28-17-19(16-21(28)29)22(30)25-10-11-26-12-14-27(15-13-26)23(31)32-24(2,3)4/h6-9,19H,5,10-17H2,1-4H3,(H,25,30). The summed E-state index contributed by atoms with van der Waals surface area (Å²) in [6, 6.07) is 7.88. The Morgan fingerprint density at radius 3 is 2.47 bits per heavy atom. The Bertz CT molecular complexity index is 828. The lowest BCUT2D eigenvalue weighted by Gasteiger charge is -2.35. The summed E-state index contributed by atoms with van der Waals surface area (Å²) in [4.78, 5) is 43.1. The molecule has 1 aromatic carbocycles. The largest absolute Gasteiger partial charge is 0.444 e. The lowest BCUT2D eigenvalue weighted by molar-refractivity contribution is -0.126. The van der Waals surface area contributed by atoms with E-state index >= 15 is 0 Å². The van der Waals surface area contributed by atoms with Gasteiger partial charge >= 0.3 is 6.09 Å². The van der Waals surface area contributed by atoms with Crippen molar-refractivity contribution in [3.05, 3.63) is 29.8 Å². The molecule has 2 fully saturated rings. The second kappa shape index (κ2) is 10.3. The lowest BCUT2D eigenvalue weighted by Crippen LogP contribution is -2.51. The van der Waals surface area contributed by atoms with E-state index in [2.05, 4.69) is 17.1 Å². The zero-order valence-corrected chi connectivity index (χ0v) is 19.7. The highest BCUT2D eigenvalue weighted by molar-refractivity contribution is 6.00. The van der Waals surface area contributed by atoms with Crippen LogP contribution in [0.5, 0.6) is 0 Å². The summed E-state index contributed by atoms with van der Waals surface area (Å²) in [6.45, 7) is 12.1. The average molecular weight is 445 g/mol. The normalized spacial score (nSPS) is 19.9. The van der Waals surface area contributed by atoms with Crippen molar-refractivity contribution in [1.82, 2.24) is 15.1 Å². The summed E-state index contributed by atoms with van der Waals surface area (Å²) < 4.78 is 5.43. The van der Waals surface area contributed by atoms with Gasteiger partial charge in [0.25, 0.3) is 0 Å². The zero-order valence-electron chi connectivity index (χ0n) is 19.7. The molecule has 3 amide bonds. The van der Waals surface area contributed by atoms with E-state index in [1.807, 2.05) is 45.0 Å². The van der Waals surface area contributed by atoms with Gasteiger partial charge in [-0.1, -0.05) is 25.1 Å². The maximum atomic E-state index is 12.7. The molecule has 8 heteroatoms. The first-order valence-electron chi connectivity index (χ1n) is 11.5. The third-order valence-electron chi connectivity index (χ3n) is 5.91. The molecule has 0 bridgehead atoms. The van der Waals surface area contributed by atoms with Gasteiger partial charge in [0.15, 0.2) is 0 Å². The highest BCUT2D eigenvalue weighted by Crippen LogP contribution is 2.28. The van der Waals surface area contributed by atoms with Gasteiger partial charge in [-0.25, -0.2) is 4.79 Å². The molecule has 2 saturated heterocycles. The number of carbonyl (C=O) groups is 3. The molecule has 1 atom stereocenters. The molecule has 0 aromatic heterocycles. The van der Waals surface area contributed by atoms with Crippen LogP contribution in [0.3, 0.4) is 0 Å². The number of hydrogen-bond acceptors (Lipinski definition) is 5. The molecule has 0 radical (unpaired) electrons. The molecule has 0 aliphatic carbocycles. The van der Waals surface area contributed by atoms with Crippen LogP contribution in [-0.2, 0) is 20.7 Å². The van der Waals surface area contributed by atoms with Crippen LogP contribution in [0.2, 0.25) is 0 Å².